The van der Waals surface area contributed by atoms with Crippen LogP contribution < -0.4 is 0 Å². The van der Waals surface area contributed by atoms with Gasteiger partial charge in [-0.1, -0.05) is 35.1 Å². The van der Waals surface area contributed by atoms with Gasteiger partial charge in [-0.2, -0.15) is 0 Å². The minimum absolute atomic E-state index is 0.489. The molecule has 0 aliphatic heterocycles. The molecular weight excluding hydrogens is 185 g/mol. The monoisotopic (exact) mass is 205 g/mol. The predicted molar refractivity (Wildman–Crippen MR) is 65.0 cm³/mol. The van der Waals surface area contributed by atoms with E-state index in [1.807, 2.05) is 0 Å². The van der Waals surface area contributed by atoms with Crippen LogP contribution in [0.25, 0.3) is 0 Å². The fourth-order valence-electron chi connectivity index (χ4n) is 1.69. The van der Waals surface area contributed by atoms with E-state index in [1.54, 1.807) is 5.56 Å². The molecule has 0 aliphatic rings. The van der Waals surface area contributed by atoms with Crippen LogP contribution >= 0.6 is 0 Å². The summed E-state index contributed by atoms with van der Waals surface area (Å²) in [4.78, 5) is 2.24. The second kappa shape index (κ2) is 5.56. The number of rotatable bonds is 4. The fourth-order valence-corrected chi connectivity index (χ4v) is 2.97. The van der Waals surface area contributed by atoms with Crippen LogP contribution in [0.2, 0.25) is 11.6 Å². The van der Waals surface area contributed by atoms with Gasteiger partial charge in [0.25, 0.3) is 14.1 Å². The summed E-state index contributed by atoms with van der Waals surface area (Å²) in [5.74, 6) is 4.82. The Morgan fingerprint density at radius 1 is 1.07 bits per heavy atom. The third-order valence-corrected chi connectivity index (χ3v) is 3.49. The quantitative estimate of drug-likeness (QED) is 0.683. The SMILES string of the molecule is CN(C)Cc1ccccc1[CH2][Al]([CH3])[CH3]. The van der Waals surface area contributed by atoms with E-state index in [2.05, 4.69) is 54.8 Å². The molecule has 76 valence electrons. The summed E-state index contributed by atoms with van der Waals surface area (Å²) in [6, 6.07) is 8.84. The Kier molecular flexibility index (Phi) is 4.68. The maximum absolute atomic E-state index is 2.41. The van der Waals surface area contributed by atoms with E-state index in [0.29, 0.717) is 0 Å². The zero-order valence-corrected chi connectivity index (χ0v) is 10.9. The number of nitrogens with zero attached hydrogens (tertiary/aromatic N) is 1. The minimum atomic E-state index is -0.489. The van der Waals surface area contributed by atoms with E-state index in [4.69, 9.17) is 0 Å². The van der Waals surface area contributed by atoms with Gasteiger partial charge in [0.2, 0.25) is 0 Å². The van der Waals surface area contributed by atoms with Gasteiger partial charge in [-0.25, -0.2) is 0 Å². The Bertz CT molecular complexity index is 252. The first-order valence-corrected chi connectivity index (χ1v) is 8.43. The summed E-state index contributed by atoms with van der Waals surface area (Å²) >= 11 is -0.489. The van der Waals surface area contributed by atoms with Gasteiger partial charge in [0.05, 0.1) is 0 Å². The van der Waals surface area contributed by atoms with E-state index in [0.717, 1.165) is 6.54 Å². The van der Waals surface area contributed by atoms with Crippen LogP contribution in [0.4, 0.5) is 0 Å². The zero-order valence-electron chi connectivity index (χ0n) is 9.75. The Hall–Kier alpha value is -0.288. The molecule has 0 unspecified atom stereocenters. The molecule has 0 bridgehead atoms. The molecule has 0 fully saturated rings. The molecule has 1 rings (SSSR count). The highest BCUT2D eigenvalue weighted by Crippen LogP contribution is 2.12. The maximum Gasteiger partial charge on any atom is 0.260 e. The highest BCUT2D eigenvalue weighted by Gasteiger charge is 2.07. The molecule has 1 aromatic rings. The maximum atomic E-state index is 2.41. The van der Waals surface area contributed by atoms with Crippen LogP contribution in [-0.2, 0) is 11.8 Å². The molecule has 0 saturated heterocycles. The first-order chi connectivity index (χ1) is 6.59. The number of hydrogen-bond acceptors (Lipinski definition) is 1. The molecule has 14 heavy (non-hydrogen) atoms. The standard InChI is InChI=1S/C10H14N.2CH3.Al/c1-9-6-4-5-7-10(9)8-11(2)3;;;/h4-7H,1,8H2,2-3H3;2*1H3;. The Morgan fingerprint density at radius 2 is 1.64 bits per heavy atom. The molecule has 0 heterocycles. The van der Waals surface area contributed by atoms with Gasteiger partial charge in [-0.15, -0.1) is 11.6 Å². The lowest BCUT2D eigenvalue weighted by atomic mass is 10.1. The van der Waals surface area contributed by atoms with Gasteiger partial charge >= 0.3 is 0 Å². The molecule has 0 aliphatic carbocycles. The van der Waals surface area contributed by atoms with Crippen LogP contribution in [0.1, 0.15) is 11.1 Å². The van der Waals surface area contributed by atoms with Gasteiger partial charge < -0.3 is 4.90 Å². The summed E-state index contributed by atoms with van der Waals surface area (Å²) in [5, 5.41) is 1.32. The number of hydrogen-bond donors (Lipinski definition) is 0. The summed E-state index contributed by atoms with van der Waals surface area (Å²) in [6.45, 7) is 1.07. The summed E-state index contributed by atoms with van der Waals surface area (Å²) in [5.41, 5.74) is 3.06. The van der Waals surface area contributed by atoms with Crippen molar-refractivity contribution in [3.05, 3.63) is 35.4 Å². The van der Waals surface area contributed by atoms with Crippen LogP contribution in [-0.4, -0.2) is 33.1 Å². The Labute approximate surface area is 92.1 Å². The molecule has 1 aromatic carbocycles. The summed E-state index contributed by atoms with van der Waals surface area (Å²) in [6.07, 6.45) is 0. The van der Waals surface area contributed by atoms with E-state index >= 15 is 0 Å². The average molecular weight is 205 g/mol. The molecule has 2 heteroatoms. The average Bonchev–Trinajstić information content (AvgIpc) is 2.06. The van der Waals surface area contributed by atoms with E-state index in [9.17, 15) is 0 Å². The predicted octanol–water partition coefficient (Wildman–Crippen LogP) is 2.58. The molecule has 0 aromatic heterocycles. The summed E-state index contributed by atoms with van der Waals surface area (Å²) in [7, 11) is 4.26. The van der Waals surface area contributed by atoms with Crippen LogP contribution in [0.15, 0.2) is 24.3 Å². The van der Waals surface area contributed by atoms with E-state index in [-0.39, 0.29) is 0 Å². The van der Waals surface area contributed by atoms with Crippen LogP contribution in [0.5, 0.6) is 0 Å². The van der Waals surface area contributed by atoms with Gasteiger partial charge in [-0.05, 0) is 19.7 Å². The number of benzene rings is 1. The van der Waals surface area contributed by atoms with Crippen LogP contribution in [0, 0.1) is 0 Å². The molecular formula is C12H20AlN. The van der Waals surface area contributed by atoms with Crippen molar-refractivity contribution >= 4 is 14.1 Å². The topological polar surface area (TPSA) is 3.24 Å². The largest absolute Gasteiger partial charge is 0.305 e. The first-order valence-electron chi connectivity index (χ1n) is 5.31. The van der Waals surface area contributed by atoms with Crippen molar-refractivity contribution in [3.8, 4) is 0 Å². The Morgan fingerprint density at radius 3 is 2.14 bits per heavy atom. The van der Waals surface area contributed by atoms with Crippen molar-refractivity contribution in [1.82, 2.24) is 4.90 Å². The third kappa shape index (κ3) is 3.84. The van der Waals surface area contributed by atoms with Crippen molar-refractivity contribution in [2.24, 2.45) is 0 Å². The van der Waals surface area contributed by atoms with Crippen molar-refractivity contribution in [2.75, 3.05) is 14.1 Å². The summed E-state index contributed by atoms with van der Waals surface area (Å²) < 4.78 is 0. The fraction of sp³-hybridized carbons (Fsp3) is 0.500. The molecule has 0 atom stereocenters. The highest BCUT2D eigenvalue weighted by atomic mass is 27.2. The third-order valence-electron chi connectivity index (χ3n) is 2.23. The van der Waals surface area contributed by atoms with Gasteiger partial charge in [-0.3, -0.25) is 0 Å². The van der Waals surface area contributed by atoms with E-state index < -0.39 is 14.1 Å². The van der Waals surface area contributed by atoms with Gasteiger partial charge in [0.1, 0.15) is 0 Å². The van der Waals surface area contributed by atoms with Crippen LogP contribution in [0.3, 0.4) is 0 Å². The zero-order chi connectivity index (χ0) is 10.6. The van der Waals surface area contributed by atoms with Crippen molar-refractivity contribution in [1.29, 1.82) is 0 Å². The molecule has 0 spiro atoms. The van der Waals surface area contributed by atoms with Crippen molar-refractivity contribution < 1.29 is 0 Å². The Balaban J connectivity index is 2.80. The molecule has 0 amide bonds. The van der Waals surface area contributed by atoms with Crippen molar-refractivity contribution in [2.45, 2.75) is 23.4 Å². The van der Waals surface area contributed by atoms with Gasteiger partial charge in [0, 0.05) is 6.54 Å². The normalized spacial score (nSPS) is 10.6. The highest BCUT2D eigenvalue weighted by molar-refractivity contribution is 6.55. The molecule has 0 N–H and O–H groups in total. The van der Waals surface area contributed by atoms with Crippen molar-refractivity contribution in [3.63, 3.8) is 0 Å². The second-order valence-electron chi connectivity index (χ2n) is 4.60. The van der Waals surface area contributed by atoms with Gasteiger partial charge in [0.15, 0.2) is 0 Å². The first kappa shape index (κ1) is 11.8. The smallest absolute Gasteiger partial charge is 0.260 e. The minimum Gasteiger partial charge on any atom is -0.305 e. The lowest BCUT2D eigenvalue weighted by Crippen LogP contribution is -2.14. The molecule has 0 saturated carbocycles. The lowest BCUT2D eigenvalue weighted by Gasteiger charge is -2.14. The second-order valence-corrected chi connectivity index (χ2v) is 7.80. The molecule has 0 radical (unpaired) electrons. The molecule has 1 nitrogen and oxygen atoms in total. The lowest BCUT2D eigenvalue weighted by molar-refractivity contribution is 0.401. The van der Waals surface area contributed by atoms with E-state index in [1.165, 1.54) is 10.8 Å².